The van der Waals surface area contributed by atoms with Gasteiger partial charge in [0.05, 0.1) is 12.1 Å². The Balaban J connectivity index is 1.65. The molecule has 6 nitrogen and oxygen atoms in total. The highest BCUT2D eigenvalue weighted by Gasteiger charge is 2.29. The molecule has 32 heavy (non-hydrogen) atoms. The fourth-order valence-electron chi connectivity index (χ4n) is 2.77. The zero-order valence-corrected chi connectivity index (χ0v) is 16.8. The number of alkyl halides is 3. The number of hydrogen-bond donors (Lipinski definition) is 3. The molecule has 0 aliphatic carbocycles. The van der Waals surface area contributed by atoms with Gasteiger partial charge in [-0.2, -0.15) is 13.2 Å². The molecular weight excluding hydrogens is 426 g/mol. The van der Waals surface area contributed by atoms with E-state index in [9.17, 15) is 17.6 Å². The molecule has 0 saturated carbocycles. The fourth-order valence-corrected chi connectivity index (χ4v) is 2.77. The smallest absolute Gasteiger partial charge is 0.416 e. The Morgan fingerprint density at radius 1 is 0.969 bits per heavy atom. The third-order valence-corrected chi connectivity index (χ3v) is 4.35. The molecule has 0 atom stereocenters. The lowest BCUT2D eigenvalue weighted by molar-refractivity contribution is -0.137. The topological polar surface area (TPSA) is 88.9 Å². The fraction of sp³-hybridized carbons (Fsp3) is 0.136. The number of para-hydroxylation sites is 2. The van der Waals surface area contributed by atoms with Gasteiger partial charge in [0, 0.05) is 16.9 Å². The lowest BCUT2D eigenvalue weighted by atomic mass is 10.1. The maximum absolute atomic E-state index is 13.6. The molecule has 0 aliphatic heterocycles. The summed E-state index contributed by atoms with van der Waals surface area (Å²) in [6.45, 7) is 0.198. The van der Waals surface area contributed by atoms with E-state index in [0.29, 0.717) is 16.9 Å². The van der Waals surface area contributed by atoms with Crippen molar-refractivity contribution in [3.05, 3.63) is 89.7 Å². The van der Waals surface area contributed by atoms with Crippen LogP contribution in [0.5, 0.6) is 5.75 Å². The van der Waals surface area contributed by atoms with Crippen LogP contribution in [0.4, 0.5) is 28.9 Å². The first-order chi connectivity index (χ1) is 15.2. The first-order valence-corrected chi connectivity index (χ1v) is 9.51. The van der Waals surface area contributed by atoms with Crippen LogP contribution in [0.3, 0.4) is 0 Å². The molecule has 0 amide bonds. The van der Waals surface area contributed by atoms with Crippen LogP contribution in [0, 0.1) is 5.82 Å². The maximum atomic E-state index is 13.6. The molecule has 0 spiro atoms. The van der Waals surface area contributed by atoms with Crippen LogP contribution in [-0.4, -0.2) is 24.1 Å². The molecular formula is C22H21F4N5O. The van der Waals surface area contributed by atoms with E-state index in [1.807, 2.05) is 0 Å². The van der Waals surface area contributed by atoms with Gasteiger partial charge in [-0.15, -0.1) is 5.10 Å². The summed E-state index contributed by atoms with van der Waals surface area (Å²) in [4.78, 5) is 0. The van der Waals surface area contributed by atoms with E-state index >= 15 is 0 Å². The Hall–Kier alpha value is -3.79. The number of rotatable bonds is 8. The summed E-state index contributed by atoms with van der Waals surface area (Å²) in [6, 6.07) is 17.5. The summed E-state index contributed by atoms with van der Waals surface area (Å²) >= 11 is 0. The average Bonchev–Trinajstić information content (AvgIpc) is 2.75. The molecule has 0 heterocycles. The predicted octanol–water partition coefficient (Wildman–Crippen LogP) is 4.46. The third-order valence-electron chi connectivity index (χ3n) is 4.35. The van der Waals surface area contributed by atoms with Crippen molar-refractivity contribution in [3.63, 3.8) is 0 Å². The lowest BCUT2D eigenvalue weighted by Crippen LogP contribution is -2.33. The number of amidine groups is 1. The minimum atomic E-state index is -4.41. The van der Waals surface area contributed by atoms with Gasteiger partial charge in [0.1, 0.15) is 6.61 Å². The molecule has 168 valence electrons. The van der Waals surface area contributed by atoms with Gasteiger partial charge >= 0.3 is 6.18 Å². The number of nitrogens with two attached hydrogens (primary N) is 2. The van der Waals surface area contributed by atoms with Crippen LogP contribution < -0.4 is 21.6 Å². The lowest BCUT2D eigenvalue weighted by Gasteiger charge is -2.16. The molecule has 0 aliphatic rings. The first-order valence-electron chi connectivity index (χ1n) is 9.51. The van der Waals surface area contributed by atoms with Crippen LogP contribution in [0.25, 0.3) is 0 Å². The molecule has 3 aromatic carbocycles. The Kier molecular flexibility index (Phi) is 7.16. The van der Waals surface area contributed by atoms with Crippen molar-refractivity contribution < 1.29 is 22.3 Å². The second-order valence-corrected chi connectivity index (χ2v) is 6.67. The van der Waals surface area contributed by atoms with Crippen molar-refractivity contribution in [2.45, 2.75) is 6.18 Å². The number of hydrazine groups is 1. The Morgan fingerprint density at radius 3 is 2.31 bits per heavy atom. The second kappa shape index (κ2) is 10.0. The van der Waals surface area contributed by atoms with Crippen molar-refractivity contribution in [2.24, 2.45) is 16.7 Å². The van der Waals surface area contributed by atoms with Gasteiger partial charge < -0.3 is 15.8 Å². The quantitative estimate of drug-likeness (QED) is 0.156. The molecule has 5 N–H and O–H groups in total. The normalized spacial score (nSPS) is 11.8. The first kappa shape index (κ1) is 22.9. The highest BCUT2D eigenvalue weighted by Crippen LogP contribution is 2.30. The Morgan fingerprint density at radius 2 is 1.62 bits per heavy atom. The molecule has 3 aromatic rings. The van der Waals surface area contributed by atoms with Gasteiger partial charge in [-0.05, 0) is 48.5 Å². The van der Waals surface area contributed by atoms with E-state index in [2.05, 4.69) is 10.4 Å². The molecule has 0 unspecified atom stereocenters. The van der Waals surface area contributed by atoms with Crippen molar-refractivity contribution in [2.75, 3.05) is 18.5 Å². The van der Waals surface area contributed by atoms with Crippen molar-refractivity contribution in [3.8, 4) is 5.75 Å². The van der Waals surface area contributed by atoms with Gasteiger partial charge in [-0.25, -0.2) is 15.4 Å². The molecule has 0 aromatic heterocycles. The SMILES string of the molecule is N/C(=N\N(N)CCOc1ccccc1F)c1ccccc1Nc1ccc(C(F)(F)F)cc1. The van der Waals surface area contributed by atoms with E-state index in [4.69, 9.17) is 16.3 Å². The summed E-state index contributed by atoms with van der Waals surface area (Å²) in [5.74, 6) is 5.53. The minimum absolute atomic E-state index is 0.0691. The Bertz CT molecular complexity index is 1070. The number of nitrogens with one attached hydrogen (secondary N) is 1. The van der Waals surface area contributed by atoms with Gasteiger partial charge in [0.25, 0.3) is 0 Å². The molecule has 0 saturated heterocycles. The number of hydrogen-bond acceptors (Lipinski definition) is 5. The minimum Gasteiger partial charge on any atom is -0.489 e. The van der Waals surface area contributed by atoms with Gasteiger partial charge in [0.2, 0.25) is 0 Å². The Labute approximate surface area is 182 Å². The van der Waals surface area contributed by atoms with Gasteiger partial charge in [-0.3, -0.25) is 0 Å². The summed E-state index contributed by atoms with van der Waals surface area (Å²) < 4.78 is 57.1. The highest BCUT2D eigenvalue weighted by molar-refractivity contribution is 6.02. The number of hydrazone groups is 1. The summed E-state index contributed by atoms with van der Waals surface area (Å²) in [7, 11) is 0. The monoisotopic (exact) mass is 447 g/mol. The molecule has 10 heteroatoms. The zero-order chi connectivity index (χ0) is 23.1. The number of nitrogens with zero attached hydrogens (tertiary/aromatic N) is 2. The predicted molar refractivity (Wildman–Crippen MR) is 115 cm³/mol. The van der Waals surface area contributed by atoms with Crippen molar-refractivity contribution >= 4 is 17.2 Å². The van der Waals surface area contributed by atoms with E-state index < -0.39 is 17.6 Å². The van der Waals surface area contributed by atoms with Crippen LogP contribution in [0.15, 0.2) is 77.9 Å². The van der Waals surface area contributed by atoms with Crippen molar-refractivity contribution in [1.82, 2.24) is 5.12 Å². The van der Waals surface area contributed by atoms with E-state index in [-0.39, 0.29) is 24.7 Å². The molecule has 3 rings (SSSR count). The van der Waals surface area contributed by atoms with Crippen LogP contribution in [0.1, 0.15) is 11.1 Å². The van der Waals surface area contributed by atoms with Crippen molar-refractivity contribution in [1.29, 1.82) is 0 Å². The van der Waals surface area contributed by atoms with Gasteiger partial charge in [0.15, 0.2) is 17.4 Å². The van der Waals surface area contributed by atoms with Crippen LogP contribution in [-0.2, 0) is 6.18 Å². The average molecular weight is 447 g/mol. The standard InChI is InChI=1S/C22H21F4N5O/c23-18-6-2-4-8-20(18)32-14-13-31(28)30-21(27)17-5-1-3-7-19(17)29-16-11-9-15(10-12-16)22(24,25)26/h1-12,29H,13-14,28H2,(H2,27,30). The number of halogens is 4. The van der Waals surface area contributed by atoms with Crippen LogP contribution >= 0.6 is 0 Å². The molecule has 0 radical (unpaired) electrons. The van der Waals surface area contributed by atoms with E-state index in [1.165, 1.54) is 24.3 Å². The largest absolute Gasteiger partial charge is 0.489 e. The number of anilines is 2. The van der Waals surface area contributed by atoms with E-state index in [1.54, 1.807) is 36.4 Å². The van der Waals surface area contributed by atoms with Gasteiger partial charge in [-0.1, -0.05) is 24.3 Å². The van der Waals surface area contributed by atoms with E-state index in [0.717, 1.165) is 17.3 Å². The number of benzene rings is 3. The zero-order valence-electron chi connectivity index (χ0n) is 16.8. The molecule has 0 bridgehead atoms. The third kappa shape index (κ3) is 6.11. The second-order valence-electron chi connectivity index (χ2n) is 6.67. The molecule has 0 fully saturated rings. The highest BCUT2D eigenvalue weighted by atomic mass is 19.4. The summed E-state index contributed by atoms with van der Waals surface area (Å²) in [5, 5.41) is 8.18. The van der Waals surface area contributed by atoms with Crippen LogP contribution in [0.2, 0.25) is 0 Å². The maximum Gasteiger partial charge on any atom is 0.416 e. The summed E-state index contributed by atoms with van der Waals surface area (Å²) in [5.41, 5.74) is 6.81. The number of ether oxygens (including phenoxy) is 1. The summed E-state index contributed by atoms with van der Waals surface area (Å²) in [6.07, 6.45) is -4.41.